The molecule has 15 heavy (non-hydrogen) atoms. The third-order valence-electron chi connectivity index (χ3n) is 1.99. The van der Waals surface area contributed by atoms with Crippen molar-refractivity contribution in [2.24, 2.45) is 11.0 Å². The molecule has 0 fully saturated rings. The average molecular weight is 313 g/mol. The molecule has 0 saturated carbocycles. The van der Waals surface area contributed by atoms with Gasteiger partial charge in [0.1, 0.15) is 12.5 Å². The van der Waals surface area contributed by atoms with Crippen LogP contribution in [0.3, 0.4) is 0 Å². The molecule has 0 aromatic carbocycles. The molecule has 1 N–H and O–H groups in total. The highest BCUT2D eigenvalue weighted by molar-refractivity contribution is 6.75. The van der Waals surface area contributed by atoms with E-state index in [0.717, 1.165) is 0 Å². The number of hydrogen-bond acceptors (Lipinski definition) is 3. The first kappa shape index (κ1) is 13.8. The van der Waals surface area contributed by atoms with Gasteiger partial charge in [0.05, 0.1) is 0 Å². The lowest BCUT2D eigenvalue weighted by Gasteiger charge is -2.39. The lowest BCUT2D eigenvalue weighted by molar-refractivity contribution is 0.207. The van der Waals surface area contributed by atoms with E-state index < -0.39 is 8.25 Å². The van der Waals surface area contributed by atoms with Crippen LogP contribution < -0.4 is 5.43 Å². The van der Waals surface area contributed by atoms with Gasteiger partial charge >= 0.3 is 0 Å². The van der Waals surface area contributed by atoms with E-state index in [1.807, 2.05) is 13.8 Å². The van der Waals surface area contributed by atoms with E-state index in [-0.39, 0.29) is 12.1 Å². The van der Waals surface area contributed by atoms with E-state index in [1.54, 1.807) is 0 Å². The first-order valence-corrected chi connectivity index (χ1v) is 6.08. The summed E-state index contributed by atoms with van der Waals surface area (Å²) in [4.78, 5) is 1.48. The minimum atomic E-state index is -1.83. The standard InChI is InChI=1S/C7H10Cl5N3/c1-4(2)5-14-13-3-15(5)7(11,12)6(8,9)10/h3-5,14H,1-2H3. The van der Waals surface area contributed by atoms with Crippen molar-refractivity contribution >= 4 is 64.3 Å². The van der Waals surface area contributed by atoms with Crippen LogP contribution in [0, 0.1) is 5.92 Å². The average Bonchev–Trinajstić information content (AvgIpc) is 2.48. The Labute approximate surface area is 114 Å². The molecule has 0 spiro atoms. The van der Waals surface area contributed by atoms with Gasteiger partial charge in [0.2, 0.25) is 8.25 Å². The summed E-state index contributed by atoms with van der Waals surface area (Å²) >= 11 is 29.2. The fourth-order valence-corrected chi connectivity index (χ4v) is 1.76. The maximum atomic E-state index is 6.02. The van der Waals surface area contributed by atoms with Gasteiger partial charge in [0.15, 0.2) is 0 Å². The summed E-state index contributed by atoms with van der Waals surface area (Å²) in [6.45, 7) is 3.95. The molecule has 0 aromatic heterocycles. The highest BCUT2D eigenvalue weighted by Gasteiger charge is 2.53. The molecule has 0 saturated heterocycles. The van der Waals surface area contributed by atoms with E-state index >= 15 is 0 Å². The van der Waals surface area contributed by atoms with Gasteiger partial charge < -0.3 is 4.90 Å². The molecule has 0 amide bonds. The highest BCUT2D eigenvalue weighted by Crippen LogP contribution is 2.49. The number of nitrogens with zero attached hydrogens (tertiary/aromatic N) is 2. The van der Waals surface area contributed by atoms with Crippen LogP contribution >= 0.6 is 58.0 Å². The van der Waals surface area contributed by atoms with Crippen molar-refractivity contribution in [1.82, 2.24) is 10.3 Å². The van der Waals surface area contributed by atoms with Crippen molar-refractivity contribution < 1.29 is 0 Å². The lowest BCUT2D eigenvalue weighted by atomic mass is 10.1. The fourth-order valence-electron chi connectivity index (χ4n) is 1.17. The van der Waals surface area contributed by atoms with Crippen LogP contribution in [0.1, 0.15) is 13.8 Å². The van der Waals surface area contributed by atoms with Crippen LogP contribution in [0.2, 0.25) is 0 Å². The quantitative estimate of drug-likeness (QED) is 0.625. The first-order valence-electron chi connectivity index (χ1n) is 4.19. The predicted molar refractivity (Wildman–Crippen MR) is 66.8 cm³/mol. The Morgan fingerprint density at radius 3 is 2.20 bits per heavy atom. The van der Waals surface area contributed by atoms with E-state index in [1.165, 1.54) is 11.2 Å². The van der Waals surface area contributed by atoms with Crippen LogP contribution in [0.4, 0.5) is 0 Å². The molecular formula is C7H10Cl5N3. The molecule has 1 aliphatic heterocycles. The normalized spacial score (nSPS) is 22.4. The SMILES string of the molecule is CC(C)C1NN=CN1C(Cl)(Cl)C(Cl)(Cl)Cl. The minimum Gasteiger partial charge on any atom is -0.304 e. The molecule has 1 aliphatic rings. The molecule has 1 rings (SSSR count). The monoisotopic (exact) mass is 311 g/mol. The van der Waals surface area contributed by atoms with Crippen LogP contribution in [-0.2, 0) is 0 Å². The number of halogens is 5. The van der Waals surface area contributed by atoms with Crippen molar-refractivity contribution in [3.8, 4) is 0 Å². The van der Waals surface area contributed by atoms with E-state index in [4.69, 9.17) is 58.0 Å². The second-order valence-corrected chi connectivity index (χ2v) is 7.08. The predicted octanol–water partition coefficient (Wildman–Crippen LogP) is 3.32. The highest BCUT2D eigenvalue weighted by atomic mass is 35.6. The third-order valence-corrected chi connectivity index (χ3v) is 4.34. The van der Waals surface area contributed by atoms with Gasteiger partial charge in [-0.15, -0.1) is 0 Å². The molecule has 1 heterocycles. The van der Waals surface area contributed by atoms with Crippen molar-refractivity contribution in [2.45, 2.75) is 28.3 Å². The molecule has 0 aromatic rings. The Morgan fingerprint density at radius 2 is 1.80 bits per heavy atom. The summed E-state index contributed by atoms with van der Waals surface area (Å²) < 4.78 is -3.50. The molecule has 0 radical (unpaired) electrons. The number of hydrazone groups is 1. The number of hydrogen-bond donors (Lipinski definition) is 1. The summed E-state index contributed by atoms with van der Waals surface area (Å²) in [5.74, 6) is 0.205. The molecule has 0 aliphatic carbocycles. The maximum absolute atomic E-state index is 6.02. The zero-order valence-corrected chi connectivity index (χ0v) is 11.8. The Balaban J connectivity index is 2.91. The molecular weight excluding hydrogens is 303 g/mol. The summed E-state index contributed by atoms with van der Waals surface area (Å²) in [6, 6.07) is 0. The van der Waals surface area contributed by atoms with Gasteiger partial charge in [-0.25, -0.2) is 0 Å². The van der Waals surface area contributed by atoms with Crippen molar-refractivity contribution in [3.05, 3.63) is 0 Å². The number of nitrogens with one attached hydrogen (secondary N) is 1. The molecule has 0 bridgehead atoms. The molecule has 1 atom stereocenters. The number of rotatable bonds is 2. The lowest BCUT2D eigenvalue weighted by Crippen LogP contribution is -2.55. The molecule has 1 unspecified atom stereocenters. The summed E-state index contributed by atoms with van der Waals surface area (Å²) in [5, 5.41) is 3.85. The van der Waals surface area contributed by atoms with Gasteiger partial charge in [-0.05, 0) is 5.92 Å². The Hall–Kier alpha value is 0.720. The Bertz CT molecular complexity index is 260. The third kappa shape index (κ3) is 2.70. The topological polar surface area (TPSA) is 27.6 Å². The Kier molecular flexibility index (Phi) is 4.17. The van der Waals surface area contributed by atoms with Gasteiger partial charge in [-0.1, -0.05) is 71.9 Å². The molecule has 3 nitrogen and oxygen atoms in total. The fraction of sp³-hybridized carbons (Fsp3) is 0.857. The molecule has 8 heteroatoms. The zero-order chi connectivity index (χ0) is 11.9. The van der Waals surface area contributed by atoms with Crippen molar-refractivity contribution in [3.63, 3.8) is 0 Å². The van der Waals surface area contributed by atoms with E-state index in [2.05, 4.69) is 10.5 Å². The van der Waals surface area contributed by atoms with Crippen LogP contribution in [0.15, 0.2) is 5.10 Å². The van der Waals surface area contributed by atoms with Crippen LogP contribution in [-0.4, -0.2) is 25.7 Å². The van der Waals surface area contributed by atoms with Crippen molar-refractivity contribution in [2.75, 3.05) is 0 Å². The Morgan fingerprint density at radius 1 is 1.27 bits per heavy atom. The number of alkyl halides is 5. The van der Waals surface area contributed by atoms with Crippen molar-refractivity contribution in [1.29, 1.82) is 0 Å². The largest absolute Gasteiger partial charge is 0.304 e. The summed E-state index contributed by atoms with van der Waals surface area (Å²) in [6.07, 6.45) is 1.22. The van der Waals surface area contributed by atoms with Gasteiger partial charge in [-0.2, -0.15) is 5.10 Å². The second-order valence-electron chi connectivity index (χ2n) is 3.51. The van der Waals surface area contributed by atoms with Crippen LogP contribution in [0.25, 0.3) is 0 Å². The van der Waals surface area contributed by atoms with Gasteiger partial charge in [0, 0.05) is 0 Å². The summed E-state index contributed by atoms with van der Waals surface area (Å²) in [7, 11) is 0. The van der Waals surface area contributed by atoms with E-state index in [0.29, 0.717) is 0 Å². The smallest absolute Gasteiger partial charge is 0.241 e. The van der Waals surface area contributed by atoms with Gasteiger partial charge in [0.25, 0.3) is 0 Å². The van der Waals surface area contributed by atoms with E-state index in [9.17, 15) is 0 Å². The van der Waals surface area contributed by atoms with Crippen LogP contribution in [0.5, 0.6) is 0 Å². The molecule has 88 valence electrons. The zero-order valence-electron chi connectivity index (χ0n) is 8.02. The van der Waals surface area contributed by atoms with Gasteiger partial charge in [-0.3, -0.25) is 5.43 Å². The summed E-state index contributed by atoms with van der Waals surface area (Å²) in [5.41, 5.74) is 2.83. The minimum absolute atomic E-state index is 0.198. The second kappa shape index (κ2) is 4.53. The maximum Gasteiger partial charge on any atom is 0.241 e. The first-order chi connectivity index (χ1) is 6.68.